The minimum Gasteiger partial charge on any atom is -0.387 e. The molecule has 3 aromatic rings. The number of aliphatic hydroxyl groups excluding tert-OH is 1. The summed E-state index contributed by atoms with van der Waals surface area (Å²) in [5.41, 5.74) is -1.42. The van der Waals surface area contributed by atoms with Gasteiger partial charge in [0.2, 0.25) is 0 Å². The van der Waals surface area contributed by atoms with E-state index in [0.29, 0.717) is 5.56 Å². The second kappa shape index (κ2) is 11.8. The molecule has 4 rings (SSSR count). The van der Waals surface area contributed by atoms with Crippen molar-refractivity contribution in [3.63, 3.8) is 0 Å². The maximum atomic E-state index is 15.7. The number of para-hydroxylation sites is 1. The first-order chi connectivity index (χ1) is 18.8. The molecule has 11 nitrogen and oxygen atoms in total. The molecule has 1 fully saturated rings. The van der Waals surface area contributed by atoms with Crippen molar-refractivity contribution in [2.75, 3.05) is 11.3 Å². The van der Waals surface area contributed by atoms with E-state index in [1.54, 1.807) is 25.1 Å². The van der Waals surface area contributed by atoms with E-state index in [0.717, 1.165) is 39.6 Å². The van der Waals surface area contributed by atoms with Crippen LogP contribution in [0.15, 0.2) is 70.4 Å². The molecular formula is C27H33FN3O8P. The fourth-order valence-corrected chi connectivity index (χ4v) is 5.91. The van der Waals surface area contributed by atoms with Crippen molar-refractivity contribution in [1.82, 2.24) is 9.55 Å². The quantitative estimate of drug-likeness (QED) is 0.266. The van der Waals surface area contributed by atoms with E-state index in [1.807, 2.05) is 36.2 Å². The van der Waals surface area contributed by atoms with Gasteiger partial charge in [0.1, 0.15) is 6.10 Å². The molecule has 4 N–H and O–H groups in total. The largest absolute Gasteiger partial charge is 0.430 e. The number of aliphatic hydroxyl groups is 1. The summed E-state index contributed by atoms with van der Waals surface area (Å²) in [5.74, 6) is 0. The van der Waals surface area contributed by atoms with Crippen LogP contribution in [0.3, 0.4) is 0 Å². The normalized spacial score (nSPS) is 23.7. The third kappa shape index (κ3) is 6.43. The van der Waals surface area contributed by atoms with Gasteiger partial charge in [-0.05, 0) is 38.0 Å². The lowest BCUT2D eigenvalue weighted by atomic mass is 9.94. The van der Waals surface area contributed by atoms with Gasteiger partial charge in [0.25, 0.3) is 5.56 Å². The summed E-state index contributed by atoms with van der Waals surface area (Å²) in [4.78, 5) is 46.3. The molecule has 1 aromatic heterocycles. The van der Waals surface area contributed by atoms with Gasteiger partial charge >= 0.3 is 13.4 Å². The van der Waals surface area contributed by atoms with Gasteiger partial charge < -0.3 is 24.4 Å². The number of hydrogen-bond donors (Lipinski definition) is 4. The van der Waals surface area contributed by atoms with Crippen molar-refractivity contribution >= 4 is 13.4 Å². The van der Waals surface area contributed by atoms with Gasteiger partial charge in [-0.15, -0.1) is 0 Å². The summed E-state index contributed by atoms with van der Waals surface area (Å²) in [6, 6.07) is 14.4. The van der Waals surface area contributed by atoms with Crippen LogP contribution >= 0.6 is 7.75 Å². The van der Waals surface area contributed by atoms with Crippen molar-refractivity contribution in [2.24, 2.45) is 0 Å². The first-order valence-corrected chi connectivity index (χ1v) is 14.3. The third-order valence-electron chi connectivity index (χ3n) is 6.93. The SMILES string of the molecule is Cc1ccc(COCC(C)N(c2ccccc2C[C@H]2O[C@@H](n3ccc(=O)[nH]c3=O)[C@](C)(F)[C@@H]2O)P(=O)(O)O)cc1. The molecule has 2 heterocycles. The van der Waals surface area contributed by atoms with Crippen LogP contribution in [0.2, 0.25) is 0 Å². The average molecular weight is 578 g/mol. The number of nitrogens with one attached hydrogen (secondary N) is 1. The Kier molecular flexibility index (Phi) is 8.79. The molecule has 40 heavy (non-hydrogen) atoms. The van der Waals surface area contributed by atoms with Gasteiger partial charge in [-0.2, -0.15) is 0 Å². The van der Waals surface area contributed by atoms with Crippen LogP contribution < -0.4 is 15.9 Å². The van der Waals surface area contributed by atoms with E-state index < -0.39 is 49.1 Å². The molecule has 0 radical (unpaired) electrons. The number of nitrogens with zero attached hydrogens (tertiary/aromatic N) is 2. The summed E-state index contributed by atoms with van der Waals surface area (Å²) in [6.07, 6.45) is -3.45. The van der Waals surface area contributed by atoms with E-state index >= 15 is 4.39 Å². The maximum absolute atomic E-state index is 15.7. The van der Waals surface area contributed by atoms with Gasteiger partial charge in [-0.25, -0.2) is 13.8 Å². The van der Waals surface area contributed by atoms with Gasteiger partial charge in [0, 0.05) is 18.7 Å². The van der Waals surface area contributed by atoms with E-state index in [1.165, 1.54) is 6.07 Å². The molecular weight excluding hydrogens is 544 g/mol. The topological polar surface area (TPSA) is 154 Å². The lowest BCUT2D eigenvalue weighted by Gasteiger charge is -2.33. The number of anilines is 1. The Labute approximate surface area is 230 Å². The molecule has 0 amide bonds. The second-order valence-electron chi connectivity index (χ2n) is 10.2. The fraction of sp³-hybridized carbons (Fsp3) is 0.407. The third-order valence-corrected chi connectivity index (χ3v) is 8.10. The molecule has 5 atom stereocenters. The molecule has 0 aliphatic carbocycles. The van der Waals surface area contributed by atoms with Gasteiger partial charge in [-0.3, -0.25) is 19.0 Å². The molecule has 2 aromatic carbocycles. The Morgan fingerprint density at radius 1 is 1.18 bits per heavy atom. The van der Waals surface area contributed by atoms with Crippen LogP contribution in [-0.2, 0) is 27.1 Å². The Balaban J connectivity index is 1.56. The first-order valence-electron chi connectivity index (χ1n) is 12.7. The molecule has 1 aliphatic heterocycles. The van der Waals surface area contributed by atoms with Crippen molar-refractivity contribution in [1.29, 1.82) is 0 Å². The summed E-state index contributed by atoms with van der Waals surface area (Å²) >= 11 is 0. The number of aromatic amines is 1. The monoisotopic (exact) mass is 577 g/mol. The van der Waals surface area contributed by atoms with Gasteiger partial charge in [0.15, 0.2) is 11.9 Å². The number of benzene rings is 2. The smallest absolute Gasteiger partial charge is 0.387 e. The van der Waals surface area contributed by atoms with Crippen molar-refractivity contribution < 1.29 is 33.3 Å². The Morgan fingerprint density at radius 3 is 2.50 bits per heavy atom. The van der Waals surface area contributed by atoms with Gasteiger partial charge in [0.05, 0.1) is 31.0 Å². The molecule has 216 valence electrons. The zero-order valence-electron chi connectivity index (χ0n) is 22.3. The second-order valence-corrected chi connectivity index (χ2v) is 11.6. The van der Waals surface area contributed by atoms with Crippen LogP contribution in [0.25, 0.3) is 0 Å². The van der Waals surface area contributed by atoms with Crippen LogP contribution in [-0.4, -0.2) is 55.0 Å². The predicted octanol–water partition coefficient (Wildman–Crippen LogP) is 2.58. The number of aryl methyl sites for hydroxylation is 1. The number of H-pyrrole nitrogens is 1. The number of halogens is 1. The average Bonchev–Trinajstić information content (AvgIpc) is 3.09. The summed E-state index contributed by atoms with van der Waals surface area (Å²) in [5, 5.41) is 10.8. The van der Waals surface area contributed by atoms with Crippen LogP contribution in [0.4, 0.5) is 10.1 Å². The van der Waals surface area contributed by atoms with Crippen LogP contribution in [0.5, 0.6) is 0 Å². The van der Waals surface area contributed by atoms with Crippen molar-refractivity contribution in [2.45, 2.75) is 63.9 Å². The number of ether oxygens (including phenoxy) is 2. The molecule has 1 saturated heterocycles. The first kappa shape index (κ1) is 29.9. The number of aromatic nitrogens is 2. The molecule has 0 saturated carbocycles. The van der Waals surface area contributed by atoms with E-state index in [-0.39, 0.29) is 25.3 Å². The highest BCUT2D eigenvalue weighted by Crippen LogP contribution is 2.48. The van der Waals surface area contributed by atoms with Crippen LogP contribution in [0.1, 0.15) is 36.8 Å². The predicted molar refractivity (Wildman–Crippen MR) is 146 cm³/mol. The number of alkyl halides is 1. The minimum atomic E-state index is -4.86. The van der Waals surface area contributed by atoms with E-state index in [2.05, 4.69) is 0 Å². The Morgan fingerprint density at radius 2 is 1.85 bits per heavy atom. The highest BCUT2D eigenvalue weighted by atomic mass is 31.2. The zero-order chi connectivity index (χ0) is 29.2. The molecule has 1 aliphatic rings. The zero-order valence-corrected chi connectivity index (χ0v) is 23.2. The number of hydrogen-bond acceptors (Lipinski definition) is 6. The fourth-order valence-electron chi connectivity index (χ4n) is 4.85. The minimum absolute atomic E-state index is 0.00434. The molecule has 0 spiro atoms. The number of rotatable bonds is 10. The summed E-state index contributed by atoms with van der Waals surface area (Å²) in [7, 11) is -4.86. The van der Waals surface area contributed by atoms with Gasteiger partial charge in [-0.1, -0.05) is 48.0 Å². The lowest BCUT2D eigenvalue weighted by Crippen LogP contribution is -2.43. The molecule has 0 bridgehead atoms. The highest BCUT2D eigenvalue weighted by molar-refractivity contribution is 7.53. The Hall–Kier alpha value is -3.12. The standard InChI is InChI=1S/C27H33FN3O8P/c1-17-8-10-19(11-9-17)16-38-15-18(2)31(40(35,36)37)21-7-5-4-6-20(21)14-22-24(33)27(3,28)25(39-22)30-13-12-23(32)29-26(30)34/h4-13,18,22,24-25,33H,14-16H2,1-3H3,(H,29,32,34)(H2,35,36,37)/t18?,22-,24-,25-,27-/m1/s1. The summed E-state index contributed by atoms with van der Waals surface area (Å²) < 4.78 is 41.7. The van der Waals surface area contributed by atoms with E-state index in [9.17, 15) is 29.0 Å². The van der Waals surface area contributed by atoms with Crippen LogP contribution in [0, 0.1) is 6.92 Å². The highest BCUT2D eigenvalue weighted by Gasteiger charge is 2.55. The van der Waals surface area contributed by atoms with Crippen molar-refractivity contribution in [3.05, 3.63) is 98.3 Å². The Bertz CT molecular complexity index is 1490. The van der Waals surface area contributed by atoms with Crippen molar-refractivity contribution in [3.8, 4) is 0 Å². The molecule has 13 heteroatoms. The molecule has 1 unspecified atom stereocenters. The lowest BCUT2D eigenvalue weighted by molar-refractivity contribution is -0.0503. The maximum Gasteiger partial charge on any atom is 0.430 e. The van der Waals surface area contributed by atoms with E-state index in [4.69, 9.17) is 9.47 Å². The summed E-state index contributed by atoms with van der Waals surface area (Å²) in [6.45, 7) is 4.92.